The van der Waals surface area contributed by atoms with E-state index in [2.05, 4.69) is 20.4 Å². The average Bonchev–Trinajstić information content (AvgIpc) is 2.84. The number of nitrogens with two attached hydrogens (primary N) is 1. The summed E-state index contributed by atoms with van der Waals surface area (Å²) >= 11 is 0. The van der Waals surface area contributed by atoms with E-state index in [4.69, 9.17) is 10.5 Å². The van der Waals surface area contributed by atoms with Gasteiger partial charge < -0.3 is 20.5 Å². The number of aliphatic hydroxyl groups excluding tert-OH is 1. The smallest absolute Gasteiger partial charge is 0.244 e. The van der Waals surface area contributed by atoms with Crippen LogP contribution in [0, 0.1) is 0 Å². The molecule has 2 aliphatic heterocycles. The fourth-order valence-electron chi connectivity index (χ4n) is 3.18. The predicted octanol–water partition coefficient (Wildman–Crippen LogP) is -2.06. The van der Waals surface area contributed by atoms with Gasteiger partial charge in [0, 0.05) is 45.4 Å². The Morgan fingerprint density at radius 3 is 2.78 bits per heavy atom. The lowest BCUT2D eigenvalue weighted by atomic mass is 10.1. The first-order valence-corrected chi connectivity index (χ1v) is 7.93. The van der Waals surface area contributed by atoms with Crippen molar-refractivity contribution in [3.8, 4) is 0 Å². The summed E-state index contributed by atoms with van der Waals surface area (Å²) in [4.78, 5) is 16.3. The Morgan fingerprint density at radius 2 is 2.09 bits per heavy atom. The highest BCUT2D eigenvalue weighted by Gasteiger charge is 2.29. The van der Waals surface area contributed by atoms with E-state index < -0.39 is 6.10 Å². The van der Waals surface area contributed by atoms with Crippen LogP contribution in [0.4, 0.5) is 5.95 Å². The number of anilines is 1. The average molecular weight is 325 g/mol. The van der Waals surface area contributed by atoms with Crippen LogP contribution >= 0.6 is 0 Å². The number of amides is 1. The van der Waals surface area contributed by atoms with E-state index in [0.29, 0.717) is 25.7 Å². The number of carbonyl (C=O) groups is 1. The lowest BCUT2D eigenvalue weighted by Gasteiger charge is -2.33. The van der Waals surface area contributed by atoms with Crippen molar-refractivity contribution in [1.82, 2.24) is 30.0 Å². The Labute approximate surface area is 134 Å². The van der Waals surface area contributed by atoms with Gasteiger partial charge in [0.25, 0.3) is 0 Å². The van der Waals surface area contributed by atoms with E-state index in [0.717, 1.165) is 32.6 Å². The molecule has 1 aromatic heterocycles. The summed E-state index contributed by atoms with van der Waals surface area (Å²) < 4.78 is 6.65. The summed E-state index contributed by atoms with van der Waals surface area (Å²) in [5, 5.41) is 20.9. The maximum absolute atomic E-state index is 12.4. The molecule has 23 heavy (non-hydrogen) atoms. The number of tetrazole rings is 1. The van der Waals surface area contributed by atoms with Crippen LogP contribution in [0.1, 0.15) is 12.8 Å². The molecule has 10 heteroatoms. The maximum atomic E-state index is 12.4. The van der Waals surface area contributed by atoms with Crippen LogP contribution in [0.3, 0.4) is 0 Å². The standard InChI is InChI=1S/C13H23N7O3/c14-13-15-16-17-20(13)9-12(22)19-4-3-18(7-11(21)8-19)10-1-5-23-6-2-10/h10-11,21H,1-9H2,(H2,14,15,17). The van der Waals surface area contributed by atoms with Crippen LogP contribution in [-0.2, 0) is 16.1 Å². The first-order valence-electron chi connectivity index (χ1n) is 7.93. The second-order valence-electron chi connectivity index (χ2n) is 6.03. The second kappa shape index (κ2) is 7.20. The molecule has 0 saturated carbocycles. The molecule has 0 aliphatic carbocycles. The molecule has 3 rings (SSSR count). The number of nitrogen functional groups attached to an aromatic ring is 1. The van der Waals surface area contributed by atoms with Gasteiger partial charge in [-0.15, -0.1) is 0 Å². The lowest BCUT2D eigenvalue weighted by Crippen LogP contribution is -2.43. The Bertz CT molecular complexity index is 531. The Hall–Kier alpha value is -1.78. The predicted molar refractivity (Wildman–Crippen MR) is 80.2 cm³/mol. The molecule has 0 bridgehead atoms. The van der Waals surface area contributed by atoms with E-state index in [9.17, 15) is 9.90 Å². The van der Waals surface area contributed by atoms with Crippen molar-refractivity contribution in [3.63, 3.8) is 0 Å². The largest absolute Gasteiger partial charge is 0.390 e. The number of hydrogen-bond acceptors (Lipinski definition) is 8. The fraction of sp³-hybridized carbons (Fsp3) is 0.846. The zero-order chi connectivity index (χ0) is 16.2. The molecule has 0 spiro atoms. The summed E-state index contributed by atoms with van der Waals surface area (Å²) in [5.41, 5.74) is 5.58. The molecule has 0 aromatic carbocycles. The molecule has 2 fully saturated rings. The third-order valence-corrected chi connectivity index (χ3v) is 4.44. The maximum Gasteiger partial charge on any atom is 0.244 e. The first-order chi connectivity index (χ1) is 11.1. The minimum atomic E-state index is -0.560. The molecule has 0 radical (unpaired) electrons. The molecule has 3 N–H and O–H groups in total. The minimum Gasteiger partial charge on any atom is -0.390 e. The van der Waals surface area contributed by atoms with Crippen LogP contribution in [0.15, 0.2) is 0 Å². The number of ether oxygens (including phenoxy) is 1. The van der Waals surface area contributed by atoms with Gasteiger partial charge in [0.2, 0.25) is 11.9 Å². The molecule has 1 aromatic rings. The molecular formula is C13H23N7O3. The lowest BCUT2D eigenvalue weighted by molar-refractivity contribution is -0.132. The van der Waals surface area contributed by atoms with Gasteiger partial charge >= 0.3 is 0 Å². The van der Waals surface area contributed by atoms with Crippen LogP contribution in [0.5, 0.6) is 0 Å². The van der Waals surface area contributed by atoms with E-state index in [1.54, 1.807) is 4.90 Å². The molecular weight excluding hydrogens is 302 g/mol. The minimum absolute atomic E-state index is 0.0111. The molecule has 3 heterocycles. The van der Waals surface area contributed by atoms with Crippen molar-refractivity contribution in [2.24, 2.45) is 0 Å². The van der Waals surface area contributed by atoms with Crippen molar-refractivity contribution in [3.05, 3.63) is 0 Å². The van der Waals surface area contributed by atoms with Crippen LogP contribution < -0.4 is 5.73 Å². The molecule has 1 atom stereocenters. The van der Waals surface area contributed by atoms with Gasteiger partial charge in [-0.2, -0.15) is 0 Å². The fourth-order valence-corrected chi connectivity index (χ4v) is 3.18. The molecule has 10 nitrogen and oxygen atoms in total. The number of hydrogen-bond donors (Lipinski definition) is 2. The molecule has 1 amide bonds. The monoisotopic (exact) mass is 325 g/mol. The van der Waals surface area contributed by atoms with Gasteiger partial charge in [0.1, 0.15) is 6.54 Å². The van der Waals surface area contributed by atoms with Crippen molar-refractivity contribution < 1.29 is 14.6 Å². The zero-order valence-electron chi connectivity index (χ0n) is 13.0. The van der Waals surface area contributed by atoms with Crippen LogP contribution in [-0.4, -0.2) is 92.6 Å². The van der Waals surface area contributed by atoms with Gasteiger partial charge in [-0.25, -0.2) is 4.68 Å². The zero-order valence-corrected chi connectivity index (χ0v) is 13.0. The highest BCUT2D eigenvalue weighted by atomic mass is 16.5. The summed E-state index contributed by atoms with van der Waals surface area (Å²) in [5.74, 6) is -0.0329. The van der Waals surface area contributed by atoms with Crippen molar-refractivity contribution in [2.75, 3.05) is 45.1 Å². The second-order valence-corrected chi connectivity index (χ2v) is 6.03. The molecule has 1 unspecified atom stereocenters. The Balaban J connectivity index is 1.59. The first kappa shape index (κ1) is 16.1. The summed E-state index contributed by atoms with van der Waals surface area (Å²) in [7, 11) is 0. The van der Waals surface area contributed by atoms with Crippen LogP contribution in [0.25, 0.3) is 0 Å². The van der Waals surface area contributed by atoms with Crippen LogP contribution in [0.2, 0.25) is 0 Å². The van der Waals surface area contributed by atoms with Gasteiger partial charge in [-0.3, -0.25) is 9.69 Å². The quantitative estimate of drug-likeness (QED) is 0.650. The van der Waals surface area contributed by atoms with E-state index in [1.165, 1.54) is 4.68 Å². The van der Waals surface area contributed by atoms with E-state index >= 15 is 0 Å². The normalized spacial score (nSPS) is 24.6. The highest BCUT2D eigenvalue weighted by Crippen LogP contribution is 2.17. The number of rotatable bonds is 3. The Morgan fingerprint density at radius 1 is 1.30 bits per heavy atom. The van der Waals surface area contributed by atoms with Gasteiger partial charge in [-0.1, -0.05) is 5.10 Å². The van der Waals surface area contributed by atoms with Gasteiger partial charge in [0.15, 0.2) is 0 Å². The topological polar surface area (TPSA) is 123 Å². The van der Waals surface area contributed by atoms with Crippen molar-refractivity contribution in [1.29, 1.82) is 0 Å². The summed E-state index contributed by atoms with van der Waals surface area (Å²) in [6, 6.07) is 0.420. The van der Waals surface area contributed by atoms with E-state index in [-0.39, 0.29) is 18.4 Å². The number of aromatic nitrogens is 4. The molecule has 2 aliphatic rings. The van der Waals surface area contributed by atoms with Gasteiger partial charge in [-0.05, 0) is 23.3 Å². The Kier molecular flexibility index (Phi) is 5.03. The highest BCUT2D eigenvalue weighted by molar-refractivity contribution is 5.76. The molecule has 2 saturated heterocycles. The number of carbonyl (C=O) groups excluding carboxylic acids is 1. The number of nitrogens with zero attached hydrogens (tertiary/aromatic N) is 6. The molecule has 128 valence electrons. The number of aliphatic hydroxyl groups is 1. The third kappa shape index (κ3) is 3.95. The SMILES string of the molecule is Nc1nnnn1CC(=O)N1CCN(C2CCOCC2)CC(O)C1. The third-order valence-electron chi connectivity index (χ3n) is 4.44. The van der Waals surface area contributed by atoms with E-state index in [1.807, 2.05) is 0 Å². The van der Waals surface area contributed by atoms with Crippen molar-refractivity contribution >= 4 is 11.9 Å². The van der Waals surface area contributed by atoms with Crippen molar-refractivity contribution in [2.45, 2.75) is 31.5 Å². The number of β-amino-alcohol motifs (C(OH)–C–C–N with tert-alkyl or cyclic N) is 1. The van der Waals surface area contributed by atoms with Gasteiger partial charge in [0.05, 0.1) is 6.10 Å². The summed E-state index contributed by atoms with van der Waals surface area (Å²) in [6.07, 6.45) is 1.39. The summed E-state index contributed by atoms with van der Waals surface area (Å²) in [6.45, 7) is 3.75.